The molecule has 1 aromatic rings. The summed E-state index contributed by atoms with van der Waals surface area (Å²) >= 11 is 0. The highest BCUT2D eigenvalue weighted by molar-refractivity contribution is 5.72. The van der Waals surface area contributed by atoms with Gasteiger partial charge in [-0.05, 0) is 18.6 Å². The van der Waals surface area contributed by atoms with Crippen molar-refractivity contribution in [1.82, 2.24) is 0 Å². The molecule has 1 heterocycles. The number of aryl methyl sites for hydroxylation is 1. The van der Waals surface area contributed by atoms with E-state index in [0.29, 0.717) is 0 Å². The second-order valence-electron chi connectivity index (χ2n) is 2.64. The lowest BCUT2D eigenvalue weighted by Crippen LogP contribution is -2.99. The Hall–Kier alpha value is -1.19. The Morgan fingerprint density at radius 2 is 2.27 bits per heavy atom. The Morgan fingerprint density at radius 1 is 1.45 bits per heavy atom. The summed E-state index contributed by atoms with van der Waals surface area (Å²) in [4.78, 5) is 3.97. The molecule has 1 aromatic carbocycles. The number of aliphatic imine (C=N–C) groups is 1. The Balaban J connectivity index is 2.58. The van der Waals surface area contributed by atoms with E-state index in [-0.39, 0.29) is 5.06 Å². The molecular formula is C8H8N2O. The van der Waals surface area contributed by atoms with Crippen molar-refractivity contribution >= 4 is 17.7 Å². The van der Waals surface area contributed by atoms with Crippen LogP contribution in [-0.2, 0) is 0 Å². The van der Waals surface area contributed by atoms with Crippen molar-refractivity contribution < 1.29 is 5.06 Å². The monoisotopic (exact) mass is 148 g/mol. The first-order valence-electron chi connectivity index (χ1n) is 3.46. The van der Waals surface area contributed by atoms with Crippen LogP contribution in [0.15, 0.2) is 23.2 Å². The molecule has 0 aromatic heterocycles. The van der Waals surface area contributed by atoms with Crippen molar-refractivity contribution in [2.75, 3.05) is 0 Å². The average molecular weight is 148 g/mol. The molecule has 0 saturated carbocycles. The van der Waals surface area contributed by atoms with Crippen molar-refractivity contribution in [2.24, 2.45) is 4.99 Å². The predicted molar refractivity (Wildman–Crippen MR) is 43.3 cm³/mol. The molecule has 11 heavy (non-hydrogen) atoms. The van der Waals surface area contributed by atoms with E-state index in [0.717, 1.165) is 16.9 Å². The summed E-state index contributed by atoms with van der Waals surface area (Å²) in [5, 5.41) is 11.0. The molecule has 3 nitrogen and oxygen atoms in total. The zero-order valence-corrected chi connectivity index (χ0v) is 6.16. The molecule has 0 saturated heterocycles. The van der Waals surface area contributed by atoms with Gasteiger partial charge in [-0.25, -0.2) is 0 Å². The summed E-state index contributed by atoms with van der Waals surface area (Å²) in [5.41, 5.74) is 2.65. The van der Waals surface area contributed by atoms with Crippen LogP contribution in [0.2, 0.25) is 0 Å². The standard InChI is InChI=1S/C8H8N2O/c1-6-2-3-8-7(4-6)9-5-10(8)11/h2-5,10H,1H3. The van der Waals surface area contributed by atoms with Crippen molar-refractivity contribution in [1.29, 1.82) is 0 Å². The average Bonchev–Trinajstić information content (AvgIpc) is 2.32. The first-order chi connectivity index (χ1) is 5.27. The summed E-state index contributed by atoms with van der Waals surface area (Å²) in [6, 6.07) is 5.65. The number of benzene rings is 1. The van der Waals surface area contributed by atoms with Gasteiger partial charge in [-0.2, -0.15) is 4.99 Å². The van der Waals surface area contributed by atoms with E-state index < -0.39 is 0 Å². The van der Waals surface area contributed by atoms with Crippen LogP contribution in [-0.4, -0.2) is 6.34 Å². The molecule has 1 aliphatic rings. The fraction of sp³-hybridized carbons (Fsp3) is 0.125. The fourth-order valence-electron chi connectivity index (χ4n) is 1.15. The fourth-order valence-corrected chi connectivity index (χ4v) is 1.15. The molecule has 1 unspecified atom stereocenters. The number of rotatable bonds is 0. The smallest absolute Gasteiger partial charge is 0.194 e. The van der Waals surface area contributed by atoms with Gasteiger partial charge < -0.3 is 5.21 Å². The zero-order valence-electron chi connectivity index (χ0n) is 6.16. The first kappa shape index (κ1) is 6.52. The van der Waals surface area contributed by atoms with Crippen LogP contribution in [0.5, 0.6) is 0 Å². The lowest BCUT2D eigenvalue weighted by Gasteiger charge is -2.10. The Labute approximate surface area is 64.6 Å². The SMILES string of the molecule is Cc1ccc2c(c1)N=C[NH+]2[O-]. The van der Waals surface area contributed by atoms with E-state index in [4.69, 9.17) is 0 Å². The van der Waals surface area contributed by atoms with Crippen LogP contribution in [0.3, 0.4) is 0 Å². The zero-order chi connectivity index (χ0) is 7.84. The molecule has 0 fully saturated rings. The van der Waals surface area contributed by atoms with Gasteiger partial charge in [0.15, 0.2) is 12.0 Å². The van der Waals surface area contributed by atoms with Gasteiger partial charge in [0, 0.05) is 6.07 Å². The number of nitrogens with one attached hydrogen (secondary N) is 1. The van der Waals surface area contributed by atoms with Gasteiger partial charge in [0.05, 0.1) is 0 Å². The maximum atomic E-state index is 11.0. The van der Waals surface area contributed by atoms with Gasteiger partial charge >= 0.3 is 0 Å². The van der Waals surface area contributed by atoms with Gasteiger partial charge in [-0.15, -0.1) is 0 Å². The summed E-state index contributed by atoms with van der Waals surface area (Å²) in [6.45, 7) is 1.98. The van der Waals surface area contributed by atoms with Crippen molar-refractivity contribution in [3.8, 4) is 0 Å². The molecule has 56 valence electrons. The molecule has 0 spiro atoms. The Bertz CT molecular complexity index is 320. The van der Waals surface area contributed by atoms with Crippen LogP contribution < -0.4 is 5.06 Å². The number of hydroxylamine groups is 1. The highest BCUT2D eigenvalue weighted by Gasteiger charge is 2.13. The lowest BCUT2D eigenvalue weighted by molar-refractivity contribution is -0.655. The van der Waals surface area contributed by atoms with Crippen LogP contribution in [0.1, 0.15) is 5.56 Å². The number of nitrogens with zero attached hydrogens (tertiary/aromatic N) is 1. The molecule has 0 radical (unpaired) electrons. The number of hydrogen-bond acceptors (Lipinski definition) is 2. The third-order valence-corrected chi connectivity index (χ3v) is 1.74. The molecule has 1 aliphatic heterocycles. The van der Waals surface area contributed by atoms with Crippen LogP contribution >= 0.6 is 0 Å². The third kappa shape index (κ3) is 0.943. The normalized spacial score (nSPS) is 20.4. The van der Waals surface area contributed by atoms with Gasteiger partial charge in [0.25, 0.3) is 0 Å². The number of hydrogen-bond donors (Lipinski definition) is 1. The van der Waals surface area contributed by atoms with Crippen LogP contribution in [0.4, 0.5) is 11.4 Å². The van der Waals surface area contributed by atoms with Crippen LogP contribution in [0.25, 0.3) is 0 Å². The predicted octanol–water partition coefficient (Wildman–Crippen LogP) is 0.683. The minimum Gasteiger partial charge on any atom is -0.623 e. The summed E-state index contributed by atoms with van der Waals surface area (Å²) in [6.07, 6.45) is 1.37. The van der Waals surface area contributed by atoms with E-state index in [1.54, 1.807) is 0 Å². The maximum Gasteiger partial charge on any atom is 0.194 e. The summed E-state index contributed by atoms with van der Waals surface area (Å²) in [5.74, 6) is 0. The van der Waals surface area contributed by atoms with E-state index in [1.807, 2.05) is 25.1 Å². The third-order valence-electron chi connectivity index (χ3n) is 1.74. The molecule has 1 atom stereocenters. The van der Waals surface area contributed by atoms with Gasteiger partial charge in [-0.1, -0.05) is 6.07 Å². The highest BCUT2D eigenvalue weighted by atomic mass is 16.5. The summed E-state index contributed by atoms with van der Waals surface area (Å²) < 4.78 is 0. The van der Waals surface area contributed by atoms with Crippen molar-refractivity contribution in [3.63, 3.8) is 0 Å². The van der Waals surface area contributed by atoms with E-state index in [2.05, 4.69) is 4.99 Å². The second-order valence-corrected chi connectivity index (χ2v) is 2.64. The Morgan fingerprint density at radius 3 is 3.09 bits per heavy atom. The second kappa shape index (κ2) is 2.15. The van der Waals surface area contributed by atoms with Crippen LogP contribution in [0, 0.1) is 12.1 Å². The highest BCUT2D eigenvalue weighted by Crippen LogP contribution is 2.24. The maximum absolute atomic E-state index is 11.0. The molecule has 2 rings (SSSR count). The number of quaternary nitrogens is 1. The Kier molecular flexibility index (Phi) is 1.27. The van der Waals surface area contributed by atoms with Gasteiger partial charge in [0.1, 0.15) is 5.69 Å². The van der Waals surface area contributed by atoms with Crippen molar-refractivity contribution in [2.45, 2.75) is 6.92 Å². The molecule has 3 heteroatoms. The quantitative estimate of drug-likeness (QED) is 0.540. The minimum absolute atomic E-state index is 0.0139. The van der Waals surface area contributed by atoms with Gasteiger partial charge in [-0.3, -0.25) is 5.06 Å². The molecule has 0 amide bonds. The van der Waals surface area contributed by atoms with E-state index >= 15 is 0 Å². The topological polar surface area (TPSA) is 39.9 Å². The van der Waals surface area contributed by atoms with E-state index in [1.165, 1.54) is 6.34 Å². The summed E-state index contributed by atoms with van der Waals surface area (Å²) in [7, 11) is 0. The molecular weight excluding hydrogens is 140 g/mol. The first-order valence-corrected chi connectivity index (χ1v) is 3.46. The van der Waals surface area contributed by atoms with Gasteiger partial charge in [0.2, 0.25) is 0 Å². The molecule has 0 bridgehead atoms. The van der Waals surface area contributed by atoms with E-state index in [9.17, 15) is 5.21 Å². The molecule has 0 aliphatic carbocycles. The van der Waals surface area contributed by atoms with Crippen molar-refractivity contribution in [3.05, 3.63) is 29.0 Å². The largest absolute Gasteiger partial charge is 0.623 e. The molecule has 1 N–H and O–H groups in total. The minimum atomic E-state index is 0.0139. The number of fused-ring (bicyclic) bond motifs is 1. The lowest BCUT2D eigenvalue weighted by atomic mass is 10.2.